The highest BCUT2D eigenvalue weighted by Crippen LogP contribution is 2.42. The summed E-state index contributed by atoms with van der Waals surface area (Å²) >= 11 is 1.85. The van der Waals surface area contributed by atoms with E-state index >= 15 is 0 Å². The largest absolute Gasteiger partial charge is 0.335 e. The third kappa shape index (κ3) is 1.93. The third-order valence-electron chi connectivity index (χ3n) is 4.30. The number of allylic oxidation sites excluding steroid dienone is 2. The van der Waals surface area contributed by atoms with E-state index in [1.54, 1.807) is 0 Å². The molecule has 1 aromatic carbocycles. The second-order valence-corrected chi connectivity index (χ2v) is 6.50. The highest BCUT2D eigenvalue weighted by atomic mass is 32.2. The Bertz CT molecular complexity index is 759. The number of para-hydroxylation sites is 1. The Morgan fingerprint density at radius 2 is 2.19 bits per heavy atom. The van der Waals surface area contributed by atoms with Crippen molar-refractivity contribution >= 4 is 28.4 Å². The number of aromatic nitrogens is 1. The minimum atomic E-state index is 0.341. The second-order valence-electron chi connectivity index (χ2n) is 5.59. The van der Waals surface area contributed by atoms with Crippen molar-refractivity contribution in [1.82, 2.24) is 9.69 Å². The van der Waals surface area contributed by atoms with Gasteiger partial charge in [0, 0.05) is 22.7 Å². The molecule has 2 aromatic rings. The van der Waals surface area contributed by atoms with Crippen molar-refractivity contribution in [3.63, 3.8) is 0 Å². The van der Waals surface area contributed by atoms with E-state index in [4.69, 9.17) is 0 Å². The summed E-state index contributed by atoms with van der Waals surface area (Å²) in [7, 11) is 0. The molecule has 4 heteroatoms. The monoisotopic (exact) mass is 300 g/mol. The fraction of sp³-hybridized carbons (Fsp3) is 0.294. The van der Waals surface area contributed by atoms with Crippen molar-refractivity contribution in [3.8, 4) is 0 Å². The van der Waals surface area contributed by atoms with Crippen molar-refractivity contribution in [2.45, 2.75) is 12.5 Å². The van der Waals surface area contributed by atoms with Crippen LogP contribution >= 0.6 is 11.8 Å². The van der Waals surface area contributed by atoms with Crippen LogP contribution in [0.5, 0.6) is 0 Å². The van der Waals surface area contributed by atoms with E-state index < -0.39 is 0 Å². The van der Waals surface area contributed by atoms with Crippen molar-refractivity contribution in [1.29, 1.82) is 0 Å². The van der Waals surface area contributed by atoms with Gasteiger partial charge < -0.3 is 4.57 Å². The van der Waals surface area contributed by atoms with Crippen molar-refractivity contribution in [3.05, 3.63) is 53.8 Å². The summed E-state index contributed by atoms with van der Waals surface area (Å²) in [6, 6.07) is 10.9. The van der Waals surface area contributed by atoms with Gasteiger partial charge in [-0.1, -0.05) is 34.8 Å². The van der Waals surface area contributed by atoms with Crippen molar-refractivity contribution in [2.24, 2.45) is 0 Å². The smallest absolute Gasteiger partial charge is 0.0961 e. The first-order chi connectivity index (χ1) is 10.3. The van der Waals surface area contributed by atoms with Crippen LogP contribution in [0.15, 0.2) is 48.1 Å². The number of fused-ring (bicyclic) bond motifs is 4. The number of rotatable bonds is 2. The maximum Gasteiger partial charge on any atom is 0.0961 e. The zero-order valence-corrected chi connectivity index (χ0v) is 12.7. The number of nitrogens with zero attached hydrogens (tertiary/aromatic N) is 2. The molecule has 0 bridgehead atoms. The molecule has 108 valence electrons. The summed E-state index contributed by atoms with van der Waals surface area (Å²) < 4.78 is 16.7. The zero-order chi connectivity index (χ0) is 14.4. The van der Waals surface area contributed by atoms with E-state index in [9.17, 15) is 4.48 Å². The second kappa shape index (κ2) is 4.95. The van der Waals surface area contributed by atoms with E-state index in [-0.39, 0.29) is 0 Å². The van der Waals surface area contributed by atoms with E-state index in [0.717, 1.165) is 34.3 Å². The molecule has 2 aliphatic heterocycles. The predicted molar refractivity (Wildman–Crippen MR) is 87.8 cm³/mol. The van der Waals surface area contributed by atoms with Crippen LogP contribution in [0.4, 0.5) is 4.48 Å². The highest BCUT2D eigenvalue weighted by molar-refractivity contribution is 7.98. The molecule has 0 amide bonds. The fourth-order valence-electron chi connectivity index (χ4n) is 3.49. The minimum absolute atomic E-state index is 0.341. The number of benzene rings is 1. The first-order valence-electron chi connectivity index (χ1n) is 7.22. The Morgan fingerprint density at radius 1 is 1.33 bits per heavy atom. The number of hydrogen-bond acceptors (Lipinski definition) is 2. The molecule has 0 spiro atoms. The summed E-state index contributed by atoms with van der Waals surface area (Å²) in [6.07, 6.45) is 7.04. The van der Waals surface area contributed by atoms with Crippen LogP contribution in [0, 0.1) is 0 Å². The van der Waals surface area contributed by atoms with Crippen LogP contribution in [-0.4, -0.2) is 28.2 Å². The van der Waals surface area contributed by atoms with Crippen LogP contribution in [0.25, 0.3) is 16.6 Å². The molecular weight excluding hydrogens is 283 g/mol. The predicted octanol–water partition coefficient (Wildman–Crippen LogP) is 4.42. The molecule has 2 aliphatic rings. The standard InChI is InChI=1S/C17H17FN2S/c1-21-11-14-9-13-6-4-8-19(18)17(13)16-10-12-5-2-3-7-15(12)20(14)16/h2-7,10,14H,8-9,11H2,1H3. The Kier molecular flexibility index (Phi) is 3.07. The van der Waals surface area contributed by atoms with E-state index in [1.807, 2.05) is 23.9 Å². The summed E-state index contributed by atoms with van der Waals surface area (Å²) in [5, 5.41) is 2.07. The Morgan fingerprint density at radius 3 is 3.05 bits per heavy atom. The molecule has 2 nitrogen and oxygen atoms in total. The molecule has 0 saturated carbocycles. The van der Waals surface area contributed by atoms with Crippen LogP contribution in [-0.2, 0) is 0 Å². The van der Waals surface area contributed by atoms with Crippen molar-refractivity contribution in [2.75, 3.05) is 18.6 Å². The van der Waals surface area contributed by atoms with Gasteiger partial charge in [0.2, 0.25) is 0 Å². The third-order valence-corrected chi connectivity index (χ3v) is 5.02. The molecule has 0 saturated heterocycles. The number of halogens is 1. The highest BCUT2D eigenvalue weighted by Gasteiger charge is 2.31. The summed E-state index contributed by atoms with van der Waals surface area (Å²) in [5.74, 6) is 1.04. The molecule has 0 N–H and O–H groups in total. The van der Waals surface area contributed by atoms with Gasteiger partial charge in [0.25, 0.3) is 0 Å². The molecule has 21 heavy (non-hydrogen) atoms. The molecule has 3 heterocycles. The van der Waals surface area contributed by atoms with E-state index in [2.05, 4.69) is 41.2 Å². The average molecular weight is 300 g/mol. The van der Waals surface area contributed by atoms with Gasteiger partial charge in [0.05, 0.1) is 17.9 Å². The fourth-order valence-corrected chi connectivity index (χ4v) is 4.14. The van der Waals surface area contributed by atoms with Gasteiger partial charge in [-0.25, -0.2) is 5.12 Å². The average Bonchev–Trinajstić information content (AvgIpc) is 2.87. The Balaban J connectivity index is 1.99. The zero-order valence-electron chi connectivity index (χ0n) is 11.9. The minimum Gasteiger partial charge on any atom is -0.335 e. The first-order valence-corrected chi connectivity index (χ1v) is 8.61. The topological polar surface area (TPSA) is 8.17 Å². The lowest BCUT2D eigenvalue weighted by Crippen LogP contribution is -2.27. The van der Waals surface area contributed by atoms with Gasteiger partial charge >= 0.3 is 0 Å². The maximum absolute atomic E-state index is 14.3. The van der Waals surface area contributed by atoms with E-state index in [0.29, 0.717) is 12.6 Å². The molecule has 0 fully saturated rings. The van der Waals surface area contributed by atoms with Gasteiger partial charge in [-0.05, 0) is 30.4 Å². The lowest BCUT2D eigenvalue weighted by Gasteiger charge is -2.33. The van der Waals surface area contributed by atoms with Gasteiger partial charge in [0.1, 0.15) is 0 Å². The lowest BCUT2D eigenvalue weighted by atomic mass is 9.96. The molecule has 4 rings (SSSR count). The normalized spacial score (nSPS) is 20.9. The molecule has 1 atom stereocenters. The Labute approximate surface area is 127 Å². The van der Waals surface area contributed by atoms with Gasteiger partial charge in [-0.3, -0.25) is 0 Å². The molecule has 1 aromatic heterocycles. The molecule has 0 aliphatic carbocycles. The van der Waals surface area contributed by atoms with Gasteiger partial charge in [-0.15, -0.1) is 0 Å². The van der Waals surface area contributed by atoms with Crippen LogP contribution in [0.1, 0.15) is 18.2 Å². The molecule has 1 unspecified atom stereocenters. The first kappa shape index (κ1) is 13.0. The van der Waals surface area contributed by atoms with Crippen LogP contribution < -0.4 is 0 Å². The van der Waals surface area contributed by atoms with E-state index in [1.165, 1.54) is 10.9 Å². The summed E-state index contributed by atoms with van der Waals surface area (Å²) in [4.78, 5) is 0. The van der Waals surface area contributed by atoms with Crippen molar-refractivity contribution < 1.29 is 4.48 Å². The SMILES string of the molecule is CSCC1CC2=C(c3cc4ccccc4n31)N(F)CC=C2. The maximum atomic E-state index is 14.3. The van der Waals surface area contributed by atoms with Gasteiger partial charge in [-0.2, -0.15) is 11.8 Å². The molecule has 0 radical (unpaired) electrons. The molecular formula is C17H17FN2S. The van der Waals surface area contributed by atoms with Crippen LogP contribution in [0.2, 0.25) is 0 Å². The summed E-state index contributed by atoms with van der Waals surface area (Å²) in [5.41, 5.74) is 4.11. The number of thioether (sulfide) groups is 1. The number of hydrogen-bond donors (Lipinski definition) is 0. The lowest BCUT2D eigenvalue weighted by molar-refractivity contribution is 0.117. The van der Waals surface area contributed by atoms with Gasteiger partial charge in [0.15, 0.2) is 0 Å². The Hall–Kier alpha value is -1.68. The van der Waals surface area contributed by atoms with Crippen LogP contribution in [0.3, 0.4) is 0 Å². The summed E-state index contributed by atoms with van der Waals surface area (Å²) in [6.45, 7) is 0.341. The quantitative estimate of drug-likeness (QED) is 0.759.